The smallest absolute Gasteiger partial charge is 0.360 e. The van der Waals surface area contributed by atoms with Crippen molar-refractivity contribution in [2.45, 2.75) is 6.54 Å². The molecule has 0 saturated carbocycles. The predicted molar refractivity (Wildman–Crippen MR) is 81.2 cm³/mol. The minimum atomic E-state index is -1.08. The third-order valence-electron chi connectivity index (χ3n) is 3.16. The van der Waals surface area contributed by atoms with Crippen molar-refractivity contribution in [3.05, 3.63) is 53.3 Å². The van der Waals surface area contributed by atoms with E-state index < -0.39 is 29.0 Å². The summed E-state index contributed by atoms with van der Waals surface area (Å²) in [6.45, 7) is -0.294. The highest BCUT2D eigenvalue weighted by molar-refractivity contribution is 5.96. The van der Waals surface area contributed by atoms with E-state index in [1.807, 2.05) is 0 Å². The van der Waals surface area contributed by atoms with Gasteiger partial charge in [-0.25, -0.2) is 9.78 Å². The monoisotopic (exact) mass is 334 g/mol. The van der Waals surface area contributed by atoms with Gasteiger partial charge in [0.15, 0.2) is 17.2 Å². The highest BCUT2D eigenvalue weighted by atomic mass is 19.2. The van der Waals surface area contributed by atoms with E-state index in [0.717, 1.165) is 13.2 Å². The number of aromatic hydroxyl groups is 1. The number of rotatable bonds is 5. The van der Waals surface area contributed by atoms with Crippen molar-refractivity contribution in [2.75, 3.05) is 14.2 Å². The van der Waals surface area contributed by atoms with Gasteiger partial charge in [0.1, 0.15) is 5.69 Å². The zero-order valence-electron chi connectivity index (χ0n) is 13.0. The maximum atomic E-state index is 14.1. The van der Waals surface area contributed by atoms with Gasteiger partial charge in [-0.2, -0.15) is 5.12 Å². The molecule has 1 N–H and O–H groups in total. The van der Waals surface area contributed by atoms with Gasteiger partial charge in [0.2, 0.25) is 0 Å². The normalized spacial score (nSPS) is 10.1. The molecule has 2 aromatic rings. The standard InChI is InChI=1S/C16H15FN2O5/c1-23-12-8-11(18-13(14(12)20)16(22)24-2)15(21)19(17)9-10-6-4-3-5-7-10/h3-8,20H,9H2,1-2H3. The van der Waals surface area contributed by atoms with Gasteiger partial charge in [-0.05, 0) is 5.56 Å². The highest BCUT2D eigenvalue weighted by Crippen LogP contribution is 2.30. The predicted octanol–water partition coefficient (Wildman–Crippen LogP) is 2.11. The molecule has 0 radical (unpaired) electrons. The Labute approximate surface area is 137 Å². The number of halogens is 1. The molecule has 7 nitrogen and oxygen atoms in total. The second-order valence-corrected chi connectivity index (χ2v) is 4.71. The molecule has 8 heteroatoms. The maximum absolute atomic E-state index is 14.1. The van der Waals surface area contributed by atoms with Gasteiger partial charge in [0, 0.05) is 6.07 Å². The number of nitrogens with zero attached hydrogens (tertiary/aromatic N) is 2. The minimum Gasteiger partial charge on any atom is -0.503 e. The van der Waals surface area contributed by atoms with E-state index >= 15 is 0 Å². The first kappa shape index (κ1) is 17.2. The molecule has 1 aromatic heterocycles. The Bertz CT molecular complexity index is 752. The number of carbonyl (C=O) groups excluding carboxylic acids is 2. The van der Waals surface area contributed by atoms with Gasteiger partial charge in [-0.15, -0.1) is 0 Å². The molecule has 0 spiro atoms. The summed E-state index contributed by atoms with van der Waals surface area (Å²) >= 11 is 0. The third-order valence-corrected chi connectivity index (χ3v) is 3.16. The second kappa shape index (κ2) is 7.40. The molecular weight excluding hydrogens is 319 g/mol. The Morgan fingerprint density at radius 3 is 2.50 bits per heavy atom. The fourth-order valence-electron chi connectivity index (χ4n) is 1.96. The van der Waals surface area contributed by atoms with Crippen LogP contribution in [0.1, 0.15) is 26.5 Å². The van der Waals surface area contributed by atoms with Crippen molar-refractivity contribution >= 4 is 11.9 Å². The van der Waals surface area contributed by atoms with Crippen LogP contribution in [0.2, 0.25) is 0 Å². The van der Waals surface area contributed by atoms with Crippen LogP contribution in [-0.2, 0) is 11.3 Å². The van der Waals surface area contributed by atoms with Crippen LogP contribution in [0.25, 0.3) is 0 Å². The zero-order valence-corrected chi connectivity index (χ0v) is 13.0. The number of ether oxygens (including phenoxy) is 2. The van der Waals surface area contributed by atoms with Crippen LogP contribution in [0.5, 0.6) is 11.5 Å². The Morgan fingerprint density at radius 1 is 1.25 bits per heavy atom. The summed E-state index contributed by atoms with van der Waals surface area (Å²) < 4.78 is 23.5. The minimum absolute atomic E-state index is 0.0464. The van der Waals surface area contributed by atoms with Gasteiger partial charge >= 0.3 is 11.9 Å². The van der Waals surface area contributed by atoms with Crippen molar-refractivity contribution in [2.24, 2.45) is 0 Å². The van der Waals surface area contributed by atoms with Crippen molar-refractivity contribution in [1.82, 2.24) is 10.1 Å². The Kier molecular flexibility index (Phi) is 5.31. The van der Waals surface area contributed by atoms with Crippen LogP contribution in [0.15, 0.2) is 36.4 Å². The fourth-order valence-corrected chi connectivity index (χ4v) is 1.96. The summed E-state index contributed by atoms with van der Waals surface area (Å²) in [6.07, 6.45) is 0. The molecule has 126 valence electrons. The highest BCUT2D eigenvalue weighted by Gasteiger charge is 2.25. The molecule has 0 atom stereocenters. The van der Waals surface area contributed by atoms with Crippen LogP contribution in [-0.4, -0.2) is 41.3 Å². The number of benzene rings is 1. The SMILES string of the molecule is COC(=O)c1nc(C(=O)N(F)Cc2ccccc2)cc(OC)c1O. The lowest BCUT2D eigenvalue weighted by atomic mass is 10.2. The van der Waals surface area contributed by atoms with E-state index in [2.05, 4.69) is 9.72 Å². The number of esters is 1. The van der Waals surface area contributed by atoms with E-state index in [1.165, 1.54) is 7.11 Å². The topological polar surface area (TPSA) is 89.0 Å². The van der Waals surface area contributed by atoms with Crippen molar-refractivity contribution in [3.63, 3.8) is 0 Å². The van der Waals surface area contributed by atoms with Gasteiger partial charge in [0.05, 0.1) is 20.8 Å². The lowest BCUT2D eigenvalue weighted by Gasteiger charge is -2.14. The first-order valence-corrected chi connectivity index (χ1v) is 6.85. The molecule has 0 saturated heterocycles. The second-order valence-electron chi connectivity index (χ2n) is 4.71. The summed E-state index contributed by atoms with van der Waals surface area (Å²) in [5.74, 6) is -2.84. The van der Waals surface area contributed by atoms with Crippen LogP contribution in [0.3, 0.4) is 0 Å². The van der Waals surface area contributed by atoms with Crippen molar-refractivity contribution in [1.29, 1.82) is 0 Å². The molecule has 0 fully saturated rings. The number of methoxy groups -OCH3 is 2. The number of pyridine rings is 1. The number of aromatic nitrogens is 1. The fraction of sp³-hybridized carbons (Fsp3) is 0.188. The molecule has 24 heavy (non-hydrogen) atoms. The van der Waals surface area contributed by atoms with Crippen molar-refractivity contribution < 1.29 is 28.7 Å². The maximum Gasteiger partial charge on any atom is 0.360 e. The quantitative estimate of drug-likeness (QED) is 0.665. The number of hydrogen-bond donors (Lipinski definition) is 1. The first-order valence-electron chi connectivity index (χ1n) is 6.85. The van der Waals surface area contributed by atoms with E-state index in [9.17, 15) is 19.2 Å². The lowest BCUT2D eigenvalue weighted by molar-refractivity contribution is 0.0141. The molecule has 2 rings (SSSR count). The number of hydrogen-bond acceptors (Lipinski definition) is 6. The van der Waals surface area contributed by atoms with Crippen LogP contribution in [0.4, 0.5) is 4.48 Å². The van der Waals surface area contributed by atoms with Gasteiger partial charge in [-0.3, -0.25) is 4.79 Å². The zero-order chi connectivity index (χ0) is 17.7. The molecular formula is C16H15FN2O5. The van der Waals surface area contributed by atoms with Crippen LogP contribution >= 0.6 is 0 Å². The molecule has 0 unspecified atom stereocenters. The molecule has 0 aliphatic carbocycles. The molecule has 1 heterocycles. The molecule has 0 aliphatic rings. The van der Waals surface area contributed by atoms with Crippen molar-refractivity contribution in [3.8, 4) is 11.5 Å². The number of carbonyl (C=O) groups is 2. The Morgan fingerprint density at radius 2 is 1.92 bits per heavy atom. The van der Waals surface area contributed by atoms with E-state index in [4.69, 9.17) is 4.74 Å². The number of amides is 1. The lowest BCUT2D eigenvalue weighted by Crippen LogP contribution is -2.24. The van der Waals surface area contributed by atoms with Gasteiger partial charge < -0.3 is 14.6 Å². The van der Waals surface area contributed by atoms with Gasteiger partial charge in [0.25, 0.3) is 0 Å². The van der Waals surface area contributed by atoms with E-state index in [1.54, 1.807) is 30.3 Å². The Hall–Kier alpha value is -3.16. The van der Waals surface area contributed by atoms with E-state index in [-0.39, 0.29) is 17.4 Å². The Balaban J connectivity index is 2.33. The summed E-state index contributed by atoms with van der Waals surface area (Å²) in [6, 6.07) is 9.55. The summed E-state index contributed by atoms with van der Waals surface area (Å²) in [5, 5.41) is 9.82. The average Bonchev–Trinajstić information content (AvgIpc) is 2.61. The average molecular weight is 334 g/mol. The molecule has 1 amide bonds. The largest absolute Gasteiger partial charge is 0.503 e. The summed E-state index contributed by atoms with van der Waals surface area (Å²) in [5.41, 5.74) is -0.357. The molecule has 1 aromatic carbocycles. The molecule has 0 aliphatic heterocycles. The summed E-state index contributed by atoms with van der Waals surface area (Å²) in [4.78, 5) is 27.5. The molecule has 0 bridgehead atoms. The van der Waals surface area contributed by atoms with Gasteiger partial charge in [-0.1, -0.05) is 34.8 Å². The van der Waals surface area contributed by atoms with Crippen LogP contribution in [0, 0.1) is 0 Å². The van der Waals surface area contributed by atoms with Crippen LogP contribution < -0.4 is 4.74 Å². The first-order chi connectivity index (χ1) is 11.5. The van der Waals surface area contributed by atoms with E-state index in [0.29, 0.717) is 5.56 Å². The summed E-state index contributed by atoms with van der Waals surface area (Å²) in [7, 11) is 2.31. The third kappa shape index (κ3) is 3.60.